The van der Waals surface area contributed by atoms with E-state index in [9.17, 15) is 10.2 Å². The van der Waals surface area contributed by atoms with Gasteiger partial charge in [0.15, 0.2) is 0 Å². The van der Waals surface area contributed by atoms with Crippen molar-refractivity contribution in [1.82, 2.24) is 0 Å². The van der Waals surface area contributed by atoms with Crippen LogP contribution in [0.1, 0.15) is 22.3 Å². The molecule has 350 valence electrons. The van der Waals surface area contributed by atoms with Crippen LogP contribution >= 0.6 is 23.5 Å². The summed E-state index contributed by atoms with van der Waals surface area (Å²) in [5.74, 6) is 1.10. The first-order chi connectivity index (χ1) is 36.1. The molecule has 0 amide bonds. The predicted molar refractivity (Wildman–Crippen MR) is 311 cm³/mol. The molecular formula is C69H50O2S2. The van der Waals surface area contributed by atoms with Crippen LogP contribution in [-0.4, -0.2) is 34.9 Å². The molecule has 0 spiro atoms. The maximum absolute atomic E-state index is 10.6. The highest BCUT2D eigenvalue weighted by molar-refractivity contribution is 7.99. The van der Waals surface area contributed by atoms with Crippen LogP contribution < -0.4 is 0 Å². The molecule has 0 bridgehead atoms. The van der Waals surface area contributed by atoms with E-state index in [0.29, 0.717) is 11.5 Å². The van der Waals surface area contributed by atoms with Gasteiger partial charge in [-0.3, -0.25) is 0 Å². The van der Waals surface area contributed by atoms with Crippen LogP contribution in [-0.2, 0) is 5.41 Å². The van der Waals surface area contributed by atoms with Crippen LogP contribution in [0.5, 0.6) is 0 Å². The van der Waals surface area contributed by atoms with Gasteiger partial charge in [0, 0.05) is 21.3 Å². The monoisotopic (exact) mass is 974 g/mol. The summed E-state index contributed by atoms with van der Waals surface area (Å²) in [6, 6.07) is 89.9. The highest BCUT2D eigenvalue weighted by Crippen LogP contribution is 2.59. The Morgan fingerprint density at radius 1 is 0.274 bits per heavy atom. The Morgan fingerprint density at radius 2 is 0.548 bits per heavy atom. The number of fused-ring (bicyclic) bond motifs is 7. The zero-order valence-corrected chi connectivity index (χ0v) is 41.8. The molecule has 0 fully saturated rings. The maximum Gasteiger partial charge on any atom is 0.0714 e. The van der Waals surface area contributed by atoms with Crippen molar-refractivity contribution in [3.8, 4) is 55.6 Å². The second kappa shape index (κ2) is 19.0. The highest BCUT2D eigenvalue weighted by Gasteiger charge is 2.47. The average Bonchev–Trinajstić information content (AvgIpc) is 3.77. The van der Waals surface area contributed by atoms with Gasteiger partial charge in [-0.1, -0.05) is 194 Å². The minimum Gasteiger partial charge on any atom is -0.396 e. The Balaban J connectivity index is 1.20. The number of thioether (sulfide) groups is 2. The molecule has 0 atom stereocenters. The Hall–Kier alpha value is -7.70. The Labute approximate surface area is 434 Å². The minimum absolute atomic E-state index is 0.0567. The van der Waals surface area contributed by atoms with E-state index >= 15 is 0 Å². The summed E-state index contributed by atoms with van der Waals surface area (Å²) in [4.78, 5) is 2.28. The number of aliphatic hydroxyl groups is 2. The lowest BCUT2D eigenvalue weighted by atomic mass is 9.66. The number of hydrogen-bond donors (Lipinski definition) is 2. The summed E-state index contributed by atoms with van der Waals surface area (Å²) in [5.41, 5.74) is 15.4. The molecule has 0 unspecified atom stereocenters. The molecule has 12 aromatic carbocycles. The number of rotatable bonds is 12. The first-order valence-electron chi connectivity index (χ1n) is 25.1. The van der Waals surface area contributed by atoms with Crippen LogP contribution in [0.2, 0.25) is 0 Å². The van der Waals surface area contributed by atoms with E-state index < -0.39 is 5.41 Å². The van der Waals surface area contributed by atoms with Gasteiger partial charge >= 0.3 is 0 Å². The lowest BCUT2D eigenvalue weighted by molar-refractivity contribution is 0.322. The lowest BCUT2D eigenvalue weighted by Crippen LogP contribution is -2.29. The Bertz CT molecular complexity index is 3630. The standard InChI is InChI=1S/C69H50O2S2/c70-33-35-72-67-61(53-29-25-45-13-1-5-17-49(45)37-53)41-57(42-62(67)54-30-26-46-14-2-6-18-50(46)38-54)69(65-23-11-9-21-59(65)60-22-10-12-24-66(60)69)58-43-63(55-31-27-47-15-3-7-19-51(47)39-55)68(73-36-34-71)64(44-58)56-32-28-48-16-4-8-20-52(48)40-56/h1-32,37-44,70-71H,33-36H2. The summed E-state index contributed by atoms with van der Waals surface area (Å²) in [6.07, 6.45) is 0. The summed E-state index contributed by atoms with van der Waals surface area (Å²) < 4.78 is 0. The van der Waals surface area contributed by atoms with Gasteiger partial charge in [-0.25, -0.2) is 0 Å². The molecule has 0 saturated carbocycles. The molecular weight excluding hydrogens is 925 g/mol. The van der Waals surface area contributed by atoms with Crippen LogP contribution in [0.4, 0.5) is 0 Å². The summed E-state index contributed by atoms with van der Waals surface area (Å²) in [6.45, 7) is 0.113. The Kier molecular flexibility index (Phi) is 11.8. The molecule has 13 rings (SSSR count). The molecule has 2 N–H and O–H groups in total. The van der Waals surface area contributed by atoms with Gasteiger partial charge in [0.25, 0.3) is 0 Å². The summed E-state index contributed by atoms with van der Waals surface area (Å²) in [7, 11) is 0. The van der Waals surface area contributed by atoms with E-state index in [1.807, 2.05) is 0 Å². The zero-order valence-electron chi connectivity index (χ0n) is 40.1. The third-order valence-corrected chi connectivity index (χ3v) is 17.1. The molecule has 1 aliphatic rings. The second-order valence-electron chi connectivity index (χ2n) is 19.0. The van der Waals surface area contributed by atoms with Crippen LogP contribution in [0.15, 0.2) is 252 Å². The summed E-state index contributed by atoms with van der Waals surface area (Å²) >= 11 is 3.46. The molecule has 12 aromatic rings. The number of hydrogen-bond acceptors (Lipinski definition) is 4. The zero-order chi connectivity index (χ0) is 48.9. The molecule has 0 aliphatic heterocycles. The van der Waals surface area contributed by atoms with Gasteiger partial charge in [-0.2, -0.15) is 0 Å². The smallest absolute Gasteiger partial charge is 0.0714 e. The molecule has 0 radical (unpaired) electrons. The van der Waals surface area contributed by atoms with Crippen molar-refractivity contribution in [2.24, 2.45) is 0 Å². The fraction of sp³-hybridized carbons (Fsp3) is 0.0725. The second-order valence-corrected chi connectivity index (χ2v) is 21.2. The fourth-order valence-corrected chi connectivity index (χ4v) is 13.5. The molecule has 4 heteroatoms. The first kappa shape index (κ1) is 45.2. The van der Waals surface area contributed by atoms with Gasteiger partial charge in [0.2, 0.25) is 0 Å². The molecule has 1 aliphatic carbocycles. The van der Waals surface area contributed by atoms with E-state index in [1.165, 1.54) is 65.3 Å². The van der Waals surface area contributed by atoms with E-state index in [-0.39, 0.29) is 13.2 Å². The van der Waals surface area contributed by atoms with E-state index in [1.54, 1.807) is 23.5 Å². The molecule has 73 heavy (non-hydrogen) atoms. The minimum atomic E-state index is -0.818. The number of aliphatic hydroxyl groups excluding tert-OH is 2. The molecule has 0 heterocycles. The van der Waals surface area contributed by atoms with Gasteiger partial charge in [0.05, 0.1) is 18.6 Å². The first-order valence-corrected chi connectivity index (χ1v) is 27.1. The van der Waals surface area contributed by atoms with Crippen molar-refractivity contribution in [3.63, 3.8) is 0 Å². The topological polar surface area (TPSA) is 40.5 Å². The van der Waals surface area contributed by atoms with Crippen LogP contribution in [0.3, 0.4) is 0 Å². The van der Waals surface area contributed by atoms with Crippen molar-refractivity contribution in [3.05, 3.63) is 265 Å². The average molecular weight is 975 g/mol. The van der Waals surface area contributed by atoms with Crippen molar-refractivity contribution in [1.29, 1.82) is 0 Å². The third kappa shape index (κ3) is 7.85. The van der Waals surface area contributed by atoms with E-state index in [4.69, 9.17) is 0 Å². The van der Waals surface area contributed by atoms with Crippen molar-refractivity contribution >= 4 is 66.6 Å². The predicted octanol–water partition coefficient (Wildman–Crippen LogP) is 17.5. The van der Waals surface area contributed by atoms with E-state index in [2.05, 4.69) is 243 Å². The molecule has 2 nitrogen and oxygen atoms in total. The molecule has 0 saturated heterocycles. The van der Waals surface area contributed by atoms with Gasteiger partial charge < -0.3 is 10.2 Å². The lowest BCUT2D eigenvalue weighted by Gasteiger charge is -2.36. The third-order valence-electron chi connectivity index (χ3n) is 14.9. The maximum atomic E-state index is 10.6. The fourth-order valence-electron chi connectivity index (χ4n) is 11.6. The number of benzene rings is 12. The molecule has 0 aromatic heterocycles. The SMILES string of the molecule is OCCSc1c(-c2ccc3ccccc3c2)cc(C2(c3cc(-c4ccc5ccccc5c4)c(SCCO)c(-c4ccc5ccccc5c4)c3)c3ccccc3-c3ccccc32)cc1-c1ccc2ccccc2c1. The van der Waals surface area contributed by atoms with Gasteiger partial charge in [-0.15, -0.1) is 23.5 Å². The highest BCUT2D eigenvalue weighted by atomic mass is 32.2. The van der Waals surface area contributed by atoms with Gasteiger partial charge in [0.1, 0.15) is 0 Å². The Morgan fingerprint density at radius 3 is 0.849 bits per heavy atom. The largest absolute Gasteiger partial charge is 0.396 e. The van der Waals surface area contributed by atoms with Crippen molar-refractivity contribution in [2.75, 3.05) is 24.7 Å². The van der Waals surface area contributed by atoms with Crippen LogP contribution in [0.25, 0.3) is 98.7 Å². The van der Waals surface area contributed by atoms with E-state index in [0.717, 1.165) is 65.4 Å². The summed E-state index contributed by atoms with van der Waals surface area (Å²) in [5, 5.41) is 30.6. The van der Waals surface area contributed by atoms with Crippen molar-refractivity contribution < 1.29 is 10.2 Å². The van der Waals surface area contributed by atoms with Gasteiger partial charge in [-0.05, 0) is 170 Å². The van der Waals surface area contributed by atoms with Crippen LogP contribution in [0, 0.1) is 0 Å². The van der Waals surface area contributed by atoms with Crippen molar-refractivity contribution in [2.45, 2.75) is 15.2 Å². The quantitative estimate of drug-likeness (QED) is 0.120. The normalized spacial score (nSPS) is 12.7.